The van der Waals surface area contributed by atoms with Crippen molar-refractivity contribution in [1.29, 1.82) is 0 Å². The second kappa shape index (κ2) is 5.39. The molecule has 0 atom stereocenters. The lowest BCUT2D eigenvalue weighted by Gasteiger charge is -2.12. The minimum atomic E-state index is 0.0123. The highest BCUT2D eigenvalue weighted by Crippen LogP contribution is 2.18. The summed E-state index contributed by atoms with van der Waals surface area (Å²) in [7, 11) is 0. The van der Waals surface area contributed by atoms with Crippen LogP contribution in [0, 0.1) is 13.8 Å². The molecule has 3 nitrogen and oxygen atoms in total. The van der Waals surface area contributed by atoms with Gasteiger partial charge in [-0.2, -0.15) is 0 Å². The van der Waals surface area contributed by atoms with Gasteiger partial charge < -0.3 is 10.6 Å². The van der Waals surface area contributed by atoms with Gasteiger partial charge in [0.1, 0.15) is 0 Å². The van der Waals surface area contributed by atoms with E-state index in [1.54, 1.807) is 0 Å². The number of para-hydroxylation sites is 1. The Hall–Kier alpha value is -1.51. The van der Waals surface area contributed by atoms with E-state index in [0.717, 1.165) is 6.54 Å². The lowest BCUT2D eigenvalue weighted by atomic mass is 10.1. The van der Waals surface area contributed by atoms with E-state index < -0.39 is 0 Å². The van der Waals surface area contributed by atoms with Crippen molar-refractivity contribution in [2.45, 2.75) is 20.8 Å². The summed E-state index contributed by atoms with van der Waals surface area (Å²) in [6.45, 7) is 7.09. The standard InChI is InChI=1S/C12H18N2O/c1-9-5-4-6-10(2)12(9)14-8-7-13-11(3)15/h4-6,14H,7-8H2,1-3H3,(H,13,15). The van der Waals surface area contributed by atoms with Gasteiger partial charge in [-0.1, -0.05) is 18.2 Å². The topological polar surface area (TPSA) is 41.1 Å². The molecule has 3 heteroatoms. The summed E-state index contributed by atoms with van der Waals surface area (Å²) in [5.74, 6) is 0.0123. The third kappa shape index (κ3) is 3.62. The highest BCUT2D eigenvalue weighted by atomic mass is 16.1. The molecule has 82 valence electrons. The third-order valence-corrected chi connectivity index (χ3v) is 2.28. The summed E-state index contributed by atoms with van der Waals surface area (Å²) >= 11 is 0. The number of nitrogens with one attached hydrogen (secondary N) is 2. The van der Waals surface area contributed by atoms with Gasteiger partial charge >= 0.3 is 0 Å². The second-order valence-electron chi connectivity index (χ2n) is 3.68. The van der Waals surface area contributed by atoms with Crippen molar-refractivity contribution in [1.82, 2.24) is 5.32 Å². The van der Waals surface area contributed by atoms with Gasteiger partial charge in [-0.3, -0.25) is 4.79 Å². The molecule has 0 spiro atoms. The van der Waals surface area contributed by atoms with E-state index in [-0.39, 0.29) is 5.91 Å². The smallest absolute Gasteiger partial charge is 0.216 e. The summed E-state index contributed by atoms with van der Waals surface area (Å²) in [4.78, 5) is 10.7. The largest absolute Gasteiger partial charge is 0.383 e. The molecule has 0 aliphatic rings. The predicted octanol–water partition coefficient (Wildman–Crippen LogP) is 1.85. The van der Waals surface area contributed by atoms with Crippen molar-refractivity contribution in [2.24, 2.45) is 0 Å². The van der Waals surface area contributed by atoms with Gasteiger partial charge in [-0.25, -0.2) is 0 Å². The first kappa shape index (κ1) is 11.6. The normalized spacial score (nSPS) is 9.80. The summed E-state index contributed by atoms with van der Waals surface area (Å²) in [5.41, 5.74) is 3.64. The zero-order chi connectivity index (χ0) is 11.3. The number of benzene rings is 1. The third-order valence-electron chi connectivity index (χ3n) is 2.28. The fourth-order valence-electron chi connectivity index (χ4n) is 1.52. The zero-order valence-corrected chi connectivity index (χ0v) is 9.55. The van der Waals surface area contributed by atoms with Crippen LogP contribution in [0.2, 0.25) is 0 Å². The summed E-state index contributed by atoms with van der Waals surface area (Å²) in [5, 5.41) is 6.08. The molecule has 1 amide bonds. The van der Waals surface area contributed by atoms with E-state index in [1.807, 2.05) is 6.07 Å². The molecule has 2 N–H and O–H groups in total. The number of anilines is 1. The Morgan fingerprint density at radius 3 is 2.33 bits per heavy atom. The fraction of sp³-hybridized carbons (Fsp3) is 0.417. The molecule has 1 aromatic rings. The average Bonchev–Trinajstić information content (AvgIpc) is 2.15. The number of carbonyl (C=O) groups is 1. The molecule has 0 heterocycles. The first-order chi connectivity index (χ1) is 7.11. The van der Waals surface area contributed by atoms with Crippen LogP contribution in [0.25, 0.3) is 0 Å². The zero-order valence-electron chi connectivity index (χ0n) is 9.55. The van der Waals surface area contributed by atoms with Gasteiger partial charge in [-0.05, 0) is 25.0 Å². The highest BCUT2D eigenvalue weighted by Gasteiger charge is 2.00. The quantitative estimate of drug-likeness (QED) is 0.738. The minimum absolute atomic E-state index is 0.0123. The Bertz CT molecular complexity index is 327. The van der Waals surface area contributed by atoms with Crippen LogP contribution in [0.5, 0.6) is 0 Å². The number of hydrogen-bond acceptors (Lipinski definition) is 2. The number of rotatable bonds is 4. The molecule has 0 fully saturated rings. The summed E-state index contributed by atoms with van der Waals surface area (Å²) in [6, 6.07) is 6.20. The van der Waals surface area contributed by atoms with E-state index in [0.29, 0.717) is 6.54 Å². The first-order valence-corrected chi connectivity index (χ1v) is 5.16. The van der Waals surface area contributed by atoms with E-state index in [2.05, 4.69) is 36.6 Å². The van der Waals surface area contributed by atoms with Crippen LogP contribution in [-0.2, 0) is 4.79 Å². The maximum absolute atomic E-state index is 10.7. The molecular weight excluding hydrogens is 188 g/mol. The van der Waals surface area contributed by atoms with Crippen molar-refractivity contribution in [3.8, 4) is 0 Å². The Kier molecular flexibility index (Phi) is 4.16. The van der Waals surface area contributed by atoms with Crippen molar-refractivity contribution in [2.75, 3.05) is 18.4 Å². The molecular formula is C12H18N2O. The first-order valence-electron chi connectivity index (χ1n) is 5.16. The monoisotopic (exact) mass is 206 g/mol. The van der Waals surface area contributed by atoms with Crippen molar-refractivity contribution >= 4 is 11.6 Å². The van der Waals surface area contributed by atoms with Crippen molar-refractivity contribution in [3.63, 3.8) is 0 Å². The molecule has 0 aliphatic heterocycles. The second-order valence-corrected chi connectivity index (χ2v) is 3.68. The van der Waals surface area contributed by atoms with Crippen molar-refractivity contribution in [3.05, 3.63) is 29.3 Å². The number of aryl methyl sites for hydroxylation is 2. The lowest BCUT2D eigenvalue weighted by molar-refractivity contribution is -0.118. The van der Waals surface area contributed by atoms with E-state index in [9.17, 15) is 4.79 Å². The molecule has 0 radical (unpaired) electrons. The average molecular weight is 206 g/mol. The molecule has 15 heavy (non-hydrogen) atoms. The van der Waals surface area contributed by atoms with Gasteiger partial charge in [-0.15, -0.1) is 0 Å². The van der Waals surface area contributed by atoms with Gasteiger partial charge in [0.05, 0.1) is 0 Å². The maximum Gasteiger partial charge on any atom is 0.216 e. The number of carbonyl (C=O) groups excluding carboxylic acids is 1. The van der Waals surface area contributed by atoms with Crippen LogP contribution in [0.15, 0.2) is 18.2 Å². The van der Waals surface area contributed by atoms with E-state index >= 15 is 0 Å². The van der Waals surface area contributed by atoms with Gasteiger partial charge in [0.25, 0.3) is 0 Å². The molecule has 0 aliphatic carbocycles. The Morgan fingerprint density at radius 2 is 1.80 bits per heavy atom. The summed E-state index contributed by atoms with van der Waals surface area (Å²) in [6.07, 6.45) is 0. The molecule has 0 aromatic heterocycles. The molecule has 0 saturated carbocycles. The van der Waals surface area contributed by atoms with Crippen LogP contribution >= 0.6 is 0 Å². The highest BCUT2D eigenvalue weighted by molar-refractivity contribution is 5.72. The SMILES string of the molecule is CC(=O)NCCNc1c(C)cccc1C. The van der Waals surface area contributed by atoms with E-state index in [4.69, 9.17) is 0 Å². The van der Waals surface area contributed by atoms with Crippen LogP contribution in [0.3, 0.4) is 0 Å². The molecule has 0 unspecified atom stereocenters. The molecule has 0 bridgehead atoms. The van der Waals surface area contributed by atoms with Crippen LogP contribution < -0.4 is 10.6 Å². The summed E-state index contributed by atoms with van der Waals surface area (Å²) < 4.78 is 0. The van der Waals surface area contributed by atoms with Gasteiger partial charge in [0, 0.05) is 25.7 Å². The van der Waals surface area contributed by atoms with Gasteiger partial charge in [0.2, 0.25) is 5.91 Å². The number of amides is 1. The Labute approximate surface area is 90.9 Å². The van der Waals surface area contributed by atoms with Gasteiger partial charge in [0.15, 0.2) is 0 Å². The predicted molar refractivity (Wildman–Crippen MR) is 63.1 cm³/mol. The number of hydrogen-bond donors (Lipinski definition) is 2. The van der Waals surface area contributed by atoms with E-state index in [1.165, 1.54) is 23.7 Å². The lowest BCUT2D eigenvalue weighted by Crippen LogP contribution is -2.26. The molecule has 1 rings (SSSR count). The van der Waals surface area contributed by atoms with Crippen molar-refractivity contribution < 1.29 is 4.79 Å². The minimum Gasteiger partial charge on any atom is -0.383 e. The van der Waals surface area contributed by atoms with Crippen LogP contribution in [-0.4, -0.2) is 19.0 Å². The molecule has 1 aromatic carbocycles. The van der Waals surface area contributed by atoms with Crippen LogP contribution in [0.4, 0.5) is 5.69 Å². The maximum atomic E-state index is 10.7. The molecule has 0 saturated heterocycles. The Balaban J connectivity index is 2.47. The fourth-order valence-corrected chi connectivity index (χ4v) is 1.52. The Morgan fingerprint density at radius 1 is 1.20 bits per heavy atom. The van der Waals surface area contributed by atoms with Crippen LogP contribution in [0.1, 0.15) is 18.1 Å².